The molecular formula is C15H16S2. The molecule has 1 aromatic carbocycles. The summed E-state index contributed by atoms with van der Waals surface area (Å²) in [5.41, 5.74) is 0.257. The molecule has 0 aliphatic carbocycles. The molecule has 0 unspecified atom stereocenters. The maximum absolute atomic E-state index is 2.35. The molecule has 0 nitrogen and oxygen atoms in total. The largest absolute Gasteiger partial charge is 0.141 e. The predicted molar refractivity (Wildman–Crippen MR) is 80.6 cm³/mol. The highest BCUT2D eigenvalue weighted by molar-refractivity contribution is 7.21. The summed E-state index contributed by atoms with van der Waals surface area (Å²) in [5.74, 6) is 0. The van der Waals surface area contributed by atoms with E-state index in [1.165, 1.54) is 29.9 Å². The van der Waals surface area contributed by atoms with Gasteiger partial charge in [-0.05, 0) is 47.4 Å². The Hall–Kier alpha value is -0.860. The van der Waals surface area contributed by atoms with Crippen molar-refractivity contribution in [1.82, 2.24) is 0 Å². The van der Waals surface area contributed by atoms with E-state index in [2.05, 4.69) is 52.0 Å². The lowest BCUT2D eigenvalue weighted by Gasteiger charge is -2.14. The van der Waals surface area contributed by atoms with Gasteiger partial charge in [0.1, 0.15) is 0 Å². The van der Waals surface area contributed by atoms with Crippen LogP contribution in [0.15, 0.2) is 24.3 Å². The van der Waals surface area contributed by atoms with Crippen molar-refractivity contribution >= 4 is 42.8 Å². The fourth-order valence-electron chi connectivity index (χ4n) is 2.08. The molecule has 2 heteroatoms. The maximum atomic E-state index is 2.35. The lowest BCUT2D eigenvalue weighted by atomic mass is 9.94. The van der Waals surface area contributed by atoms with Crippen molar-refractivity contribution in [3.8, 4) is 0 Å². The molecule has 0 amide bonds. The first-order valence-corrected chi connectivity index (χ1v) is 7.51. The van der Waals surface area contributed by atoms with Crippen molar-refractivity contribution in [1.29, 1.82) is 0 Å². The molecule has 0 spiro atoms. The minimum absolute atomic E-state index is 0.257. The summed E-state index contributed by atoms with van der Waals surface area (Å²) in [6, 6.07) is 9.32. The van der Waals surface area contributed by atoms with Gasteiger partial charge in [-0.2, -0.15) is 0 Å². The molecule has 0 aliphatic heterocycles. The molecule has 0 bridgehead atoms. The van der Waals surface area contributed by atoms with E-state index in [0.717, 1.165) is 0 Å². The van der Waals surface area contributed by atoms with Crippen molar-refractivity contribution in [2.45, 2.75) is 33.1 Å². The summed E-state index contributed by atoms with van der Waals surface area (Å²) in [6.07, 6.45) is 0. The van der Waals surface area contributed by atoms with Gasteiger partial charge in [0, 0.05) is 19.2 Å². The van der Waals surface area contributed by atoms with Gasteiger partial charge in [-0.3, -0.25) is 0 Å². The van der Waals surface area contributed by atoms with Gasteiger partial charge in [-0.1, -0.05) is 20.8 Å². The summed E-state index contributed by atoms with van der Waals surface area (Å²) < 4.78 is 2.83. The summed E-state index contributed by atoms with van der Waals surface area (Å²) in [6.45, 7) is 9.03. The first-order valence-electron chi connectivity index (χ1n) is 5.88. The van der Waals surface area contributed by atoms with Crippen molar-refractivity contribution in [2.75, 3.05) is 0 Å². The van der Waals surface area contributed by atoms with E-state index in [0.29, 0.717) is 0 Å². The number of fused-ring (bicyclic) bond motifs is 2. The van der Waals surface area contributed by atoms with Gasteiger partial charge in [-0.25, -0.2) is 0 Å². The molecule has 0 saturated carbocycles. The summed E-state index contributed by atoms with van der Waals surface area (Å²) >= 11 is 3.83. The average Bonchev–Trinajstić information content (AvgIpc) is 2.73. The second-order valence-electron chi connectivity index (χ2n) is 5.65. The van der Waals surface area contributed by atoms with Gasteiger partial charge in [0.05, 0.1) is 0 Å². The van der Waals surface area contributed by atoms with Crippen LogP contribution in [0, 0.1) is 6.92 Å². The topological polar surface area (TPSA) is 0 Å². The zero-order valence-corrected chi connectivity index (χ0v) is 12.3. The van der Waals surface area contributed by atoms with Crippen LogP contribution >= 0.6 is 22.7 Å². The number of benzene rings is 1. The SMILES string of the molecule is Cc1cc2cc3cc(C(C)(C)C)sc3cc2s1. The first kappa shape index (κ1) is 11.2. The Labute approximate surface area is 110 Å². The second-order valence-corrected chi connectivity index (χ2v) is 8.02. The molecule has 2 heterocycles. The van der Waals surface area contributed by atoms with Gasteiger partial charge >= 0.3 is 0 Å². The molecule has 0 fully saturated rings. The smallest absolute Gasteiger partial charge is 0.0360 e. The van der Waals surface area contributed by atoms with E-state index in [1.54, 1.807) is 0 Å². The zero-order chi connectivity index (χ0) is 12.2. The summed E-state index contributed by atoms with van der Waals surface area (Å²) in [4.78, 5) is 2.87. The third kappa shape index (κ3) is 1.90. The van der Waals surface area contributed by atoms with Gasteiger partial charge in [0.2, 0.25) is 0 Å². The van der Waals surface area contributed by atoms with Crippen LogP contribution in [0.5, 0.6) is 0 Å². The van der Waals surface area contributed by atoms with Crippen LogP contribution in [-0.2, 0) is 5.41 Å². The molecule has 0 saturated heterocycles. The second kappa shape index (κ2) is 3.56. The van der Waals surface area contributed by atoms with E-state index >= 15 is 0 Å². The van der Waals surface area contributed by atoms with Gasteiger partial charge in [0.15, 0.2) is 0 Å². The molecule has 0 aliphatic rings. The third-order valence-electron chi connectivity index (χ3n) is 3.02. The molecule has 0 N–H and O–H groups in total. The molecule has 3 aromatic rings. The van der Waals surface area contributed by atoms with Crippen LogP contribution in [0.2, 0.25) is 0 Å². The van der Waals surface area contributed by atoms with Gasteiger partial charge in [0.25, 0.3) is 0 Å². The summed E-state index contributed by atoms with van der Waals surface area (Å²) in [7, 11) is 0. The van der Waals surface area contributed by atoms with E-state index < -0.39 is 0 Å². The molecular weight excluding hydrogens is 244 g/mol. The zero-order valence-electron chi connectivity index (χ0n) is 10.6. The number of thiophene rings is 2. The van der Waals surface area contributed by atoms with Crippen LogP contribution in [0.4, 0.5) is 0 Å². The van der Waals surface area contributed by atoms with E-state index in [4.69, 9.17) is 0 Å². The molecule has 88 valence electrons. The normalized spacial score (nSPS) is 12.7. The van der Waals surface area contributed by atoms with Crippen LogP contribution in [0.1, 0.15) is 30.5 Å². The molecule has 0 radical (unpaired) electrons. The minimum Gasteiger partial charge on any atom is -0.141 e. The highest BCUT2D eigenvalue weighted by atomic mass is 32.1. The van der Waals surface area contributed by atoms with Crippen LogP contribution < -0.4 is 0 Å². The monoisotopic (exact) mass is 260 g/mol. The predicted octanol–water partition coefficient (Wildman–Crippen LogP) is 5.72. The van der Waals surface area contributed by atoms with Crippen molar-refractivity contribution < 1.29 is 0 Å². The maximum Gasteiger partial charge on any atom is 0.0360 e. The fraction of sp³-hybridized carbons (Fsp3) is 0.333. The number of aryl methyl sites for hydroxylation is 1. The van der Waals surface area contributed by atoms with Crippen molar-refractivity contribution in [3.63, 3.8) is 0 Å². The minimum atomic E-state index is 0.257. The van der Waals surface area contributed by atoms with Crippen LogP contribution in [-0.4, -0.2) is 0 Å². The van der Waals surface area contributed by atoms with Gasteiger partial charge < -0.3 is 0 Å². The Kier molecular flexibility index (Phi) is 2.36. The highest BCUT2D eigenvalue weighted by Gasteiger charge is 2.17. The first-order chi connectivity index (χ1) is 7.93. The van der Waals surface area contributed by atoms with Crippen LogP contribution in [0.3, 0.4) is 0 Å². The number of hydrogen-bond donors (Lipinski definition) is 0. The molecule has 3 rings (SSSR count). The molecule has 2 aromatic heterocycles. The standard InChI is InChI=1S/C15H16S2/c1-9-5-10-6-11-7-14(15(2,3)4)17-13(11)8-12(10)16-9/h5-8H,1-4H3. The fourth-order valence-corrected chi connectivity index (χ4v) is 4.24. The Morgan fingerprint density at radius 1 is 0.824 bits per heavy atom. The van der Waals surface area contributed by atoms with Crippen molar-refractivity contribution in [3.05, 3.63) is 34.0 Å². The van der Waals surface area contributed by atoms with E-state index in [-0.39, 0.29) is 5.41 Å². The Bertz CT molecular complexity index is 642. The highest BCUT2D eigenvalue weighted by Crippen LogP contribution is 2.37. The Morgan fingerprint density at radius 3 is 2.18 bits per heavy atom. The van der Waals surface area contributed by atoms with Crippen molar-refractivity contribution in [2.24, 2.45) is 0 Å². The molecule has 0 atom stereocenters. The third-order valence-corrected chi connectivity index (χ3v) is 5.55. The number of hydrogen-bond acceptors (Lipinski definition) is 2. The number of rotatable bonds is 0. The van der Waals surface area contributed by atoms with Crippen LogP contribution in [0.25, 0.3) is 20.2 Å². The summed E-state index contributed by atoms with van der Waals surface area (Å²) in [5, 5.41) is 2.78. The quantitative estimate of drug-likeness (QED) is 0.485. The van der Waals surface area contributed by atoms with E-state index in [1.807, 2.05) is 22.7 Å². The molecule has 17 heavy (non-hydrogen) atoms. The Balaban J connectivity index is 2.29. The van der Waals surface area contributed by atoms with E-state index in [9.17, 15) is 0 Å². The van der Waals surface area contributed by atoms with Gasteiger partial charge in [-0.15, -0.1) is 22.7 Å². The lowest BCUT2D eigenvalue weighted by molar-refractivity contribution is 0.604. The average molecular weight is 260 g/mol. The lowest BCUT2D eigenvalue weighted by Crippen LogP contribution is -2.07. The Morgan fingerprint density at radius 2 is 1.47 bits per heavy atom.